The van der Waals surface area contributed by atoms with Crippen molar-refractivity contribution in [2.24, 2.45) is 0 Å². The highest BCUT2D eigenvalue weighted by Gasteiger charge is 2.24. The van der Waals surface area contributed by atoms with Crippen LogP contribution < -0.4 is 4.90 Å². The van der Waals surface area contributed by atoms with Crippen LogP contribution in [-0.4, -0.2) is 9.13 Å². The Hall–Kier alpha value is -6.84. The molecule has 0 atom stereocenters. The molecule has 3 heteroatoms. The van der Waals surface area contributed by atoms with Crippen LogP contribution in [0.1, 0.15) is 16.7 Å². The SMILES string of the molecule is Cc1ccccc1N1c2ccccc2CCc2cc(-c3ccc4c(c3)c3ccccc3n4-c3cccc(-n4c5ccccc5c5ccccc54)c3)ccc21. The molecule has 0 saturated carbocycles. The van der Waals surface area contributed by atoms with Gasteiger partial charge in [-0.1, -0.05) is 109 Å². The maximum atomic E-state index is 2.47. The van der Waals surface area contributed by atoms with Crippen molar-refractivity contribution >= 4 is 60.7 Å². The second-order valence-electron chi connectivity index (χ2n) is 14.6. The molecule has 2 aromatic heterocycles. The van der Waals surface area contributed by atoms with Crippen molar-refractivity contribution in [1.29, 1.82) is 0 Å². The van der Waals surface area contributed by atoms with E-state index in [4.69, 9.17) is 0 Å². The van der Waals surface area contributed by atoms with E-state index in [2.05, 4.69) is 203 Å². The number of hydrogen-bond acceptors (Lipinski definition) is 1. The van der Waals surface area contributed by atoms with Crippen LogP contribution in [0, 0.1) is 6.92 Å². The zero-order valence-corrected chi connectivity index (χ0v) is 30.1. The Labute approximate surface area is 314 Å². The Morgan fingerprint density at radius 2 is 0.852 bits per heavy atom. The van der Waals surface area contributed by atoms with Crippen LogP contribution in [0.3, 0.4) is 0 Å². The van der Waals surface area contributed by atoms with Gasteiger partial charge in [0, 0.05) is 50.0 Å². The van der Waals surface area contributed by atoms with Gasteiger partial charge in [-0.3, -0.25) is 0 Å². The third kappa shape index (κ3) is 4.68. The van der Waals surface area contributed by atoms with Crippen LogP contribution in [0.4, 0.5) is 17.1 Å². The van der Waals surface area contributed by atoms with Gasteiger partial charge in [-0.05, 0) is 120 Å². The van der Waals surface area contributed by atoms with E-state index < -0.39 is 0 Å². The van der Waals surface area contributed by atoms with Gasteiger partial charge in [0.15, 0.2) is 0 Å². The average molecular weight is 692 g/mol. The molecule has 1 aliphatic rings. The number of aromatic nitrogens is 2. The Kier molecular flexibility index (Phi) is 6.90. The largest absolute Gasteiger partial charge is 0.310 e. The van der Waals surface area contributed by atoms with E-state index >= 15 is 0 Å². The summed E-state index contributed by atoms with van der Waals surface area (Å²) in [5.74, 6) is 0. The van der Waals surface area contributed by atoms with Crippen molar-refractivity contribution in [3.05, 3.63) is 199 Å². The molecule has 0 unspecified atom stereocenters. The predicted octanol–water partition coefficient (Wildman–Crippen LogP) is 13.4. The molecule has 8 aromatic carbocycles. The monoisotopic (exact) mass is 691 g/mol. The third-order valence-corrected chi connectivity index (χ3v) is 11.5. The van der Waals surface area contributed by atoms with Crippen LogP contribution in [-0.2, 0) is 12.8 Å². The first kappa shape index (κ1) is 30.8. The summed E-state index contributed by atoms with van der Waals surface area (Å²) in [7, 11) is 0. The maximum Gasteiger partial charge on any atom is 0.0541 e. The molecular formula is C51H37N3. The molecule has 0 bridgehead atoms. The fourth-order valence-electron chi connectivity index (χ4n) is 9.00. The smallest absolute Gasteiger partial charge is 0.0541 e. The standard InChI is InChI=1S/C51H37N3/c1-34-13-2-7-20-45(34)54-46-21-8-3-14-35(46)25-26-38-31-36(27-29-47(38)54)37-28-30-51-44(32-37)43-19-6-11-24-50(43)53(51)40-16-12-15-39(33-40)52-48-22-9-4-17-41(48)42-18-5-10-23-49(42)52/h2-24,27-33H,25-26H2,1H3. The average Bonchev–Trinajstić information content (AvgIpc) is 3.68. The molecule has 3 heterocycles. The van der Waals surface area contributed by atoms with Gasteiger partial charge in [-0.25, -0.2) is 0 Å². The molecule has 0 saturated heterocycles. The second kappa shape index (κ2) is 12.1. The summed E-state index contributed by atoms with van der Waals surface area (Å²) in [6.45, 7) is 2.21. The minimum atomic E-state index is 0.992. The summed E-state index contributed by atoms with van der Waals surface area (Å²) in [5.41, 5.74) is 17.4. The number of para-hydroxylation sites is 5. The lowest BCUT2D eigenvalue weighted by atomic mass is 9.97. The maximum absolute atomic E-state index is 2.47. The first-order valence-corrected chi connectivity index (χ1v) is 18.9. The minimum absolute atomic E-state index is 0.992. The number of fused-ring (bicyclic) bond motifs is 8. The molecule has 1 aliphatic heterocycles. The van der Waals surface area contributed by atoms with E-state index in [1.807, 2.05) is 0 Å². The van der Waals surface area contributed by atoms with Gasteiger partial charge in [0.2, 0.25) is 0 Å². The van der Waals surface area contributed by atoms with Crippen LogP contribution in [0.15, 0.2) is 182 Å². The van der Waals surface area contributed by atoms with E-state index in [0.717, 1.165) is 24.2 Å². The third-order valence-electron chi connectivity index (χ3n) is 11.5. The Bertz CT molecular complexity index is 3030. The van der Waals surface area contributed by atoms with Gasteiger partial charge in [0.1, 0.15) is 0 Å². The normalized spacial score (nSPS) is 12.7. The van der Waals surface area contributed by atoms with E-state index in [1.54, 1.807) is 0 Å². The molecule has 0 radical (unpaired) electrons. The summed E-state index contributed by atoms with van der Waals surface area (Å²) in [5, 5.41) is 5.06. The van der Waals surface area contributed by atoms with Crippen LogP contribution in [0.25, 0.3) is 66.1 Å². The number of rotatable bonds is 4. The van der Waals surface area contributed by atoms with Crippen LogP contribution in [0.2, 0.25) is 0 Å². The highest BCUT2D eigenvalue weighted by Crippen LogP contribution is 2.44. The van der Waals surface area contributed by atoms with Crippen molar-refractivity contribution in [1.82, 2.24) is 9.13 Å². The fraction of sp³-hybridized carbons (Fsp3) is 0.0588. The van der Waals surface area contributed by atoms with Gasteiger partial charge >= 0.3 is 0 Å². The molecule has 54 heavy (non-hydrogen) atoms. The van der Waals surface area contributed by atoms with Gasteiger partial charge < -0.3 is 14.0 Å². The zero-order chi connectivity index (χ0) is 35.8. The molecule has 11 rings (SSSR count). The summed E-state index contributed by atoms with van der Waals surface area (Å²) in [6, 6.07) is 67.0. The van der Waals surface area contributed by atoms with Crippen molar-refractivity contribution in [2.75, 3.05) is 4.90 Å². The zero-order valence-electron chi connectivity index (χ0n) is 30.1. The van der Waals surface area contributed by atoms with Crippen LogP contribution in [0.5, 0.6) is 0 Å². The minimum Gasteiger partial charge on any atom is -0.310 e. The number of aryl methyl sites for hydroxylation is 3. The molecule has 0 spiro atoms. The Morgan fingerprint density at radius 3 is 1.54 bits per heavy atom. The van der Waals surface area contributed by atoms with Gasteiger partial charge in [0.05, 0.1) is 22.1 Å². The van der Waals surface area contributed by atoms with Crippen molar-refractivity contribution in [3.63, 3.8) is 0 Å². The molecule has 10 aromatic rings. The number of anilines is 3. The lowest BCUT2D eigenvalue weighted by Gasteiger charge is -2.29. The highest BCUT2D eigenvalue weighted by molar-refractivity contribution is 6.11. The first-order chi connectivity index (χ1) is 26.7. The summed E-state index contributed by atoms with van der Waals surface area (Å²) in [6.07, 6.45) is 2.00. The topological polar surface area (TPSA) is 13.1 Å². The fourth-order valence-corrected chi connectivity index (χ4v) is 9.00. The summed E-state index contributed by atoms with van der Waals surface area (Å²) in [4.78, 5) is 2.47. The molecule has 256 valence electrons. The van der Waals surface area contributed by atoms with E-state index in [1.165, 1.54) is 88.5 Å². The summed E-state index contributed by atoms with van der Waals surface area (Å²) < 4.78 is 4.83. The summed E-state index contributed by atoms with van der Waals surface area (Å²) >= 11 is 0. The molecule has 0 N–H and O–H groups in total. The van der Waals surface area contributed by atoms with Crippen molar-refractivity contribution in [3.8, 4) is 22.5 Å². The molecule has 3 nitrogen and oxygen atoms in total. The number of hydrogen-bond donors (Lipinski definition) is 0. The quantitative estimate of drug-likeness (QED) is 0.179. The van der Waals surface area contributed by atoms with Gasteiger partial charge in [-0.2, -0.15) is 0 Å². The molecule has 0 amide bonds. The van der Waals surface area contributed by atoms with Crippen molar-refractivity contribution < 1.29 is 0 Å². The van der Waals surface area contributed by atoms with E-state index in [-0.39, 0.29) is 0 Å². The lowest BCUT2D eigenvalue weighted by molar-refractivity contribution is 0.978. The lowest BCUT2D eigenvalue weighted by Crippen LogP contribution is -2.12. The second-order valence-corrected chi connectivity index (χ2v) is 14.6. The molecule has 0 aliphatic carbocycles. The van der Waals surface area contributed by atoms with Crippen LogP contribution >= 0.6 is 0 Å². The first-order valence-electron chi connectivity index (χ1n) is 18.9. The van der Waals surface area contributed by atoms with Gasteiger partial charge in [-0.15, -0.1) is 0 Å². The van der Waals surface area contributed by atoms with Crippen molar-refractivity contribution in [2.45, 2.75) is 19.8 Å². The number of benzene rings is 8. The molecular weight excluding hydrogens is 655 g/mol. The van der Waals surface area contributed by atoms with E-state index in [0.29, 0.717) is 0 Å². The van der Waals surface area contributed by atoms with Gasteiger partial charge in [0.25, 0.3) is 0 Å². The highest BCUT2D eigenvalue weighted by atomic mass is 15.2. The Balaban J connectivity index is 1.05. The molecule has 0 fully saturated rings. The predicted molar refractivity (Wildman–Crippen MR) is 227 cm³/mol. The van der Waals surface area contributed by atoms with E-state index in [9.17, 15) is 0 Å². The Morgan fingerprint density at radius 1 is 0.352 bits per heavy atom. The number of nitrogens with zero attached hydrogens (tertiary/aromatic N) is 3.